The van der Waals surface area contributed by atoms with Gasteiger partial charge < -0.3 is 19.9 Å². The summed E-state index contributed by atoms with van der Waals surface area (Å²) in [7, 11) is 2.58. The maximum Gasteiger partial charge on any atom is 0.421 e. The second-order valence-electron chi connectivity index (χ2n) is 10.1. The SMILES string of the molecule is COC(=O)C[C@H](N)C(=O)N(C(=O)OCC1c2ccccc2-c2ccccc21)c1ccc(OC)cc1C(=O)c1ccc(Cl)cc1. The van der Waals surface area contributed by atoms with Crippen molar-refractivity contribution < 1.29 is 33.4 Å². The molecule has 10 heteroatoms. The first kappa shape index (κ1) is 30.5. The monoisotopic (exact) mass is 612 g/mol. The first-order chi connectivity index (χ1) is 21.2. The Morgan fingerprint density at radius 2 is 1.48 bits per heavy atom. The molecule has 0 bridgehead atoms. The molecule has 1 aliphatic carbocycles. The molecule has 0 fully saturated rings. The van der Waals surface area contributed by atoms with Crippen LogP contribution >= 0.6 is 11.6 Å². The quantitative estimate of drug-likeness (QED) is 0.187. The van der Waals surface area contributed by atoms with Crippen LogP contribution in [0.1, 0.15) is 39.4 Å². The van der Waals surface area contributed by atoms with Gasteiger partial charge >= 0.3 is 12.1 Å². The molecular formula is C34H29ClN2O7. The average Bonchev–Trinajstić information content (AvgIpc) is 3.37. The molecule has 5 rings (SSSR count). The van der Waals surface area contributed by atoms with Gasteiger partial charge in [-0.15, -0.1) is 0 Å². The highest BCUT2D eigenvalue weighted by atomic mass is 35.5. The van der Waals surface area contributed by atoms with Crippen molar-refractivity contribution >= 4 is 41.0 Å². The number of anilines is 1. The van der Waals surface area contributed by atoms with Gasteiger partial charge in [0.25, 0.3) is 5.91 Å². The summed E-state index contributed by atoms with van der Waals surface area (Å²) in [6, 6.07) is 24.6. The minimum absolute atomic E-state index is 0.0289. The van der Waals surface area contributed by atoms with Gasteiger partial charge in [0.05, 0.1) is 37.9 Å². The maximum absolute atomic E-state index is 13.9. The zero-order valence-electron chi connectivity index (χ0n) is 24.0. The minimum Gasteiger partial charge on any atom is -0.497 e. The maximum atomic E-state index is 13.9. The normalized spacial score (nSPS) is 12.5. The first-order valence-corrected chi connectivity index (χ1v) is 14.1. The number of halogens is 1. The molecule has 0 saturated heterocycles. The van der Waals surface area contributed by atoms with Crippen LogP contribution in [0.15, 0.2) is 91.0 Å². The molecule has 9 nitrogen and oxygen atoms in total. The predicted octanol–water partition coefficient (Wildman–Crippen LogP) is 5.75. The standard InChI is InChI=1S/C34H29ClN2O7/c1-42-22-15-16-30(27(17-22)32(39)20-11-13-21(35)14-12-20)37(33(40)29(36)18-31(38)43-2)34(41)44-19-28-25-9-5-3-7-23(25)24-8-4-6-10-26(24)28/h3-17,28-29H,18-19,36H2,1-2H3/t29-/m0/s1. The van der Waals surface area contributed by atoms with Crippen LogP contribution < -0.4 is 15.4 Å². The van der Waals surface area contributed by atoms with Crippen LogP contribution in [0.2, 0.25) is 5.02 Å². The number of esters is 1. The lowest BCUT2D eigenvalue weighted by Crippen LogP contribution is -2.49. The van der Waals surface area contributed by atoms with Crippen molar-refractivity contribution in [3.05, 3.63) is 118 Å². The molecule has 1 atom stereocenters. The highest BCUT2D eigenvalue weighted by molar-refractivity contribution is 6.30. The number of ether oxygens (including phenoxy) is 3. The number of hydrogen-bond donors (Lipinski definition) is 1. The molecule has 0 aromatic heterocycles. The van der Waals surface area contributed by atoms with E-state index in [1.54, 1.807) is 12.1 Å². The Morgan fingerprint density at radius 3 is 2.07 bits per heavy atom. The third-order valence-electron chi connectivity index (χ3n) is 7.47. The fraction of sp³-hybridized carbons (Fsp3) is 0.176. The Morgan fingerprint density at radius 1 is 0.864 bits per heavy atom. The zero-order valence-corrected chi connectivity index (χ0v) is 24.7. The summed E-state index contributed by atoms with van der Waals surface area (Å²) in [5.41, 5.74) is 10.2. The number of nitrogens with zero attached hydrogens (tertiary/aromatic N) is 1. The smallest absolute Gasteiger partial charge is 0.421 e. The summed E-state index contributed by atoms with van der Waals surface area (Å²) in [4.78, 5) is 54.1. The number of ketones is 1. The van der Waals surface area contributed by atoms with Crippen LogP contribution in [0.5, 0.6) is 5.75 Å². The number of carbonyl (C=O) groups excluding carboxylic acids is 4. The fourth-order valence-electron chi connectivity index (χ4n) is 5.26. The molecule has 224 valence electrons. The third-order valence-corrected chi connectivity index (χ3v) is 7.72. The van der Waals surface area contributed by atoms with E-state index in [0.717, 1.165) is 29.4 Å². The van der Waals surface area contributed by atoms with E-state index >= 15 is 0 Å². The fourth-order valence-corrected chi connectivity index (χ4v) is 5.38. The van der Waals surface area contributed by atoms with Crippen molar-refractivity contribution in [3.8, 4) is 16.9 Å². The number of rotatable bonds is 9. The molecule has 2 N–H and O–H groups in total. The number of benzene rings is 4. The molecule has 44 heavy (non-hydrogen) atoms. The van der Waals surface area contributed by atoms with E-state index in [-0.39, 0.29) is 29.3 Å². The number of amides is 2. The topological polar surface area (TPSA) is 125 Å². The molecule has 4 aromatic rings. The van der Waals surface area contributed by atoms with Gasteiger partial charge in [-0.25, -0.2) is 9.69 Å². The Labute approximate surface area is 259 Å². The summed E-state index contributed by atoms with van der Waals surface area (Å²) >= 11 is 6.02. The Kier molecular flexibility index (Phi) is 9.08. The Balaban J connectivity index is 1.53. The van der Waals surface area contributed by atoms with Crippen LogP contribution in [-0.2, 0) is 19.1 Å². The average molecular weight is 613 g/mol. The van der Waals surface area contributed by atoms with Gasteiger partial charge in [-0.3, -0.25) is 14.4 Å². The number of fused-ring (bicyclic) bond motifs is 3. The van der Waals surface area contributed by atoms with Crippen molar-refractivity contribution in [2.75, 3.05) is 25.7 Å². The summed E-state index contributed by atoms with van der Waals surface area (Å²) in [6.45, 7) is -0.0977. The largest absolute Gasteiger partial charge is 0.497 e. The number of imide groups is 1. The molecule has 0 saturated carbocycles. The molecule has 0 spiro atoms. The molecule has 4 aromatic carbocycles. The predicted molar refractivity (Wildman–Crippen MR) is 165 cm³/mol. The summed E-state index contributed by atoms with van der Waals surface area (Å²) in [5, 5.41) is 0.427. The van der Waals surface area contributed by atoms with Gasteiger partial charge in [-0.2, -0.15) is 0 Å². The van der Waals surface area contributed by atoms with Gasteiger partial charge in [0.1, 0.15) is 12.4 Å². The van der Waals surface area contributed by atoms with Gasteiger partial charge in [-0.05, 0) is 64.7 Å². The van der Waals surface area contributed by atoms with Crippen molar-refractivity contribution in [1.82, 2.24) is 0 Å². The second-order valence-corrected chi connectivity index (χ2v) is 10.5. The van der Waals surface area contributed by atoms with E-state index in [4.69, 9.17) is 26.8 Å². The molecule has 2 amide bonds. The Hall–Kier alpha value is -4.99. The summed E-state index contributed by atoms with van der Waals surface area (Å²) < 4.78 is 15.8. The first-order valence-electron chi connectivity index (χ1n) is 13.7. The molecule has 1 aliphatic rings. The van der Waals surface area contributed by atoms with Crippen molar-refractivity contribution in [1.29, 1.82) is 0 Å². The van der Waals surface area contributed by atoms with E-state index in [0.29, 0.717) is 15.7 Å². The number of methoxy groups -OCH3 is 2. The van der Waals surface area contributed by atoms with E-state index in [1.165, 1.54) is 37.4 Å². The third kappa shape index (κ3) is 6.06. The lowest BCUT2D eigenvalue weighted by Gasteiger charge is -2.26. The zero-order chi connectivity index (χ0) is 31.4. The van der Waals surface area contributed by atoms with Gasteiger partial charge in [0.2, 0.25) is 0 Å². The van der Waals surface area contributed by atoms with Crippen molar-refractivity contribution in [2.45, 2.75) is 18.4 Å². The van der Waals surface area contributed by atoms with Gasteiger partial charge in [0, 0.05) is 16.5 Å². The van der Waals surface area contributed by atoms with E-state index < -0.39 is 36.2 Å². The van der Waals surface area contributed by atoms with Crippen LogP contribution in [0, 0.1) is 0 Å². The van der Waals surface area contributed by atoms with Crippen molar-refractivity contribution in [3.63, 3.8) is 0 Å². The molecule has 0 unspecified atom stereocenters. The summed E-state index contributed by atoms with van der Waals surface area (Å²) in [6.07, 6.45) is -1.56. The molecular weight excluding hydrogens is 584 g/mol. The second kappa shape index (κ2) is 13.1. The van der Waals surface area contributed by atoms with Crippen LogP contribution in [0.3, 0.4) is 0 Å². The van der Waals surface area contributed by atoms with Gasteiger partial charge in [-0.1, -0.05) is 60.1 Å². The number of carbonyl (C=O) groups is 4. The molecule has 0 heterocycles. The minimum atomic E-state index is -1.47. The lowest BCUT2D eigenvalue weighted by atomic mass is 9.98. The van der Waals surface area contributed by atoms with Crippen LogP contribution in [0.25, 0.3) is 11.1 Å². The van der Waals surface area contributed by atoms with E-state index in [9.17, 15) is 19.2 Å². The van der Waals surface area contributed by atoms with E-state index in [1.807, 2.05) is 48.5 Å². The van der Waals surface area contributed by atoms with Gasteiger partial charge in [0.15, 0.2) is 5.78 Å². The molecule has 0 aliphatic heterocycles. The van der Waals surface area contributed by atoms with Crippen LogP contribution in [0.4, 0.5) is 10.5 Å². The van der Waals surface area contributed by atoms with Crippen molar-refractivity contribution in [2.24, 2.45) is 5.73 Å². The Bertz CT molecular complexity index is 1690. The highest BCUT2D eigenvalue weighted by Gasteiger charge is 2.36. The van der Waals surface area contributed by atoms with Crippen LogP contribution in [-0.4, -0.2) is 50.6 Å². The number of nitrogens with two attached hydrogens (primary N) is 1. The lowest BCUT2D eigenvalue weighted by molar-refractivity contribution is -0.142. The number of hydrogen-bond acceptors (Lipinski definition) is 8. The van der Waals surface area contributed by atoms with E-state index in [2.05, 4.69) is 4.74 Å². The molecule has 0 radical (unpaired) electrons. The highest BCUT2D eigenvalue weighted by Crippen LogP contribution is 2.44. The summed E-state index contributed by atoms with van der Waals surface area (Å²) in [5.74, 6) is -2.20.